The zero-order chi connectivity index (χ0) is 17.6. The predicted octanol–water partition coefficient (Wildman–Crippen LogP) is 4.19. The number of hydrogen-bond donors (Lipinski definition) is 1. The largest absolute Gasteiger partial charge is 0.322 e. The molecular weight excluding hydrogens is 327 g/mol. The van der Waals surface area contributed by atoms with E-state index in [1.54, 1.807) is 24.3 Å². The van der Waals surface area contributed by atoms with Gasteiger partial charge in [0.1, 0.15) is 11.2 Å². The summed E-state index contributed by atoms with van der Waals surface area (Å²) < 4.78 is 41.3. The number of anilines is 1. The van der Waals surface area contributed by atoms with Crippen LogP contribution in [0, 0.1) is 23.5 Å². The first-order valence-electron chi connectivity index (χ1n) is 7.57. The maximum atomic E-state index is 14.3. The Morgan fingerprint density at radius 3 is 2.16 bits per heavy atom. The standard InChI is InChI=1S/C20H11F3NO/c21-14-8-6-13(7-9-14)20(12-4-2-1-3-5-12)15-10-11-16(22)17(23)18(15)24-19(20)25/h2-11H,(H,24,25). The molecule has 0 spiro atoms. The van der Waals surface area contributed by atoms with E-state index in [9.17, 15) is 18.0 Å². The van der Waals surface area contributed by atoms with Crippen molar-refractivity contribution in [1.29, 1.82) is 0 Å². The van der Waals surface area contributed by atoms with E-state index < -0.39 is 28.8 Å². The van der Waals surface area contributed by atoms with Gasteiger partial charge in [0.15, 0.2) is 11.6 Å². The van der Waals surface area contributed by atoms with Gasteiger partial charge in [-0.05, 0) is 35.4 Å². The van der Waals surface area contributed by atoms with Crippen molar-refractivity contribution in [2.75, 3.05) is 5.32 Å². The number of rotatable bonds is 2. The van der Waals surface area contributed by atoms with Crippen molar-refractivity contribution in [1.82, 2.24) is 0 Å². The molecule has 0 saturated heterocycles. The molecule has 4 rings (SSSR count). The van der Waals surface area contributed by atoms with Gasteiger partial charge in [-0.15, -0.1) is 0 Å². The fourth-order valence-corrected chi connectivity index (χ4v) is 3.39. The highest BCUT2D eigenvalue weighted by atomic mass is 19.2. The van der Waals surface area contributed by atoms with Gasteiger partial charge in [-0.2, -0.15) is 0 Å². The van der Waals surface area contributed by atoms with Crippen molar-refractivity contribution in [3.63, 3.8) is 0 Å². The minimum atomic E-state index is -1.40. The molecule has 0 bridgehead atoms. The molecule has 0 aromatic heterocycles. The first kappa shape index (κ1) is 15.4. The SMILES string of the molecule is O=C1Nc2c(ccc(F)c2F)C1(c1cc[c]cc1)c1ccc(F)cc1. The number of carbonyl (C=O) groups excluding carboxylic acids is 1. The Morgan fingerprint density at radius 1 is 0.840 bits per heavy atom. The van der Waals surface area contributed by atoms with Crippen molar-refractivity contribution < 1.29 is 18.0 Å². The molecule has 25 heavy (non-hydrogen) atoms. The Bertz CT molecular complexity index is 970. The maximum absolute atomic E-state index is 14.3. The summed E-state index contributed by atoms with van der Waals surface area (Å²) in [6.45, 7) is 0. The van der Waals surface area contributed by atoms with Gasteiger partial charge >= 0.3 is 0 Å². The molecule has 1 aliphatic rings. The van der Waals surface area contributed by atoms with E-state index in [1.165, 1.54) is 30.3 Å². The summed E-state index contributed by atoms with van der Waals surface area (Å²) >= 11 is 0. The first-order valence-corrected chi connectivity index (χ1v) is 7.57. The minimum absolute atomic E-state index is 0.192. The third-order valence-electron chi connectivity index (χ3n) is 4.51. The van der Waals surface area contributed by atoms with Gasteiger partial charge in [-0.3, -0.25) is 4.79 Å². The van der Waals surface area contributed by atoms with Gasteiger partial charge < -0.3 is 5.32 Å². The lowest BCUT2D eigenvalue weighted by Gasteiger charge is -2.29. The monoisotopic (exact) mass is 338 g/mol. The summed E-state index contributed by atoms with van der Waals surface area (Å²) in [5.41, 5.74) is -0.286. The average molecular weight is 338 g/mol. The van der Waals surface area contributed by atoms with Crippen LogP contribution < -0.4 is 5.32 Å². The zero-order valence-corrected chi connectivity index (χ0v) is 12.8. The lowest BCUT2D eigenvalue weighted by atomic mass is 9.70. The van der Waals surface area contributed by atoms with Gasteiger partial charge in [-0.25, -0.2) is 13.2 Å². The van der Waals surface area contributed by atoms with Gasteiger partial charge in [0.25, 0.3) is 0 Å². The fourth-order valence-electron chi connectivity index (χ4n) is 3.39. The second kappa shape index (κ2) is 5.48. The molecule has 1 amide bonds. The van der Waals surface area contributed by atoms with Crippen molar-refractivity contribution in [3.8, 4) is 0 Å². The third-order valence-corrected chi connectivity index (χ3v) is 4.51. The van der Waals surface area contributed by atoms with E-state index in [0.717, 1.165) is 6.07 Å². The fraction of sp³-hybridized carbons (Fsp3) is 0.0500. The summed E-state index contributed by atoms with van der Waals surface area (Å²) in [4.78, 5) is 13.0. The van der Waals surface area contributed by atoms with E-state index in [4.69, 9.17) is 0 Å². The molecular formula is C20H11F3NO. The number of amides is 1. The number of halogens is 3. The summed E-state index contributed by atoms with van der Waals surface area (Å²) in [7, 11) is 0. The van der Waals surface area contributed by atoms with Crippen LogP contribution in [0.25, 0.3) is 0 Å². The maximum Gasteiger partial charge on any atom is 0.244 e. The number of fused-ring (bicyclic) bond motifs is 1. The van der Waals surface area contributed by atoms with Crippen molar-refractivity contribution in [2.24, 2.45) is 0 Å². The lowest BCUT2D eigenvalue weighted by molar-refractivity contribution is -0.118. The van der Waals surface area contributed by atoms with E-state index in [2.05, 4.69) is 11.4 Å². The van der Waals surface area contributed by atoms with Crippen LogP contribution >= 0.6 is 0 Å². The molecule has 3 aromatic carbocycles. The minimum Gasteiger partial charge on any atom is -0.322 e. The molecule has 0 saturated carbocycles. The van der Waals surface area contributed by atoms with Crippen LogP contribution in [0.1, 0.15) is 16.7 Å². The highest BCUT2D eigenvalue weighted by Gasteiger charge is 2.51. The molecule has 2 nitrogen and oxygen atoms in total. The molecule has 0 fully saturated rings. The van der Waals surface area contributed by atoms with Crippen molar-refractivity contribution in [2.45, 2.75) is 5.41 Å². The van der Waals surface area contributed by atoms with Gasteiger partial charge in [-0.1, -0.05) is 42.5 Å². The smallest absolute Gasteiger partial charge is 0.244 e. The van der Waals surface area contributed by atoms with Crippen LogP contribution in [0.5, 0.6) is 0 Å². The molecule has 1 radical (unpaired) electrons. The second-order valence-electron chi connectivity index (χ2n) is 5.78. The number of carbonyl (C=O) groups is 1. The molecule has 1 unspecified atom stereocenters. The molecule has 1 aliphatic heterocycles. The highest BCUT2D eigenvalue weighted by molar-refractivity contribution is 6.11. The molecule has 3 aromatic rings. The topological polar surface area (TPSA) is 29.1 Å². The van der Waals surface area contributed by atoms with Gasteiger partial charge in [0, 0.05) is 5.56 Å². The molecule has 0 aliphatic carbocycles. The summed E-state index contributed by atoms with van der Waals surface area (Å²) in [6.07, 6.45) is 0. The van der Waals surface area contributed by atoms with Crippen LogP contribution in [0.2, 0.25) is 0 Å². The zero-order valence-electron chi connectivity index (χ0n) is 12.8. The highest BCUT2D eigenvalue weighted by Crippen LogP contribution is 2.48. The van der Waals surface area contributed by atoms with E-state index in [0.29, 0.717) is 11.1 Å². The second-order valence-corrected chi connectivity index (χ2v) is 5.78. The van der Waals surface area contributed by atoms with Crippen molar-refractivity contribution >= 4 is 11.6 Å². The van der Waals surface area contributed by atoms with Gasteiger partial charge in [0.2, 0.25) is 5.91 Å². The van der Waals surface area contributed by atoms with Crippen LogP contribution in [-0.4, -0.2) is 5.91 Å². The Labute approximate surface area is 141 Å². The summed E-state index contributed by atoms with van der Waals surface area (Å²) in [5.74, 6) is -3.14. The normalized spacial score (nSPS) is 18.8. The van der Waals surface area contributed by atoms with Crippen LogP contribution in [-0.2, 0) is 10.2 Å². The Kier molecular flexibility index (Phi) is 3.39. The molecule has 1 atom stereocenters. The summed E-state index contributed by atoms with van der Waals surface area (Å²) in [6, 6.07) is 17.3. The molecule has 5 heteroatoms. The molecule has 1 heterocycles. The van der Waals surface area contributed by atoms with Gasteiger partial charge in [0.05, 0.1) is 5.69 Å². The lowest BCUT2D eigenvalue weighted by Crippen LogP contribution is -2.37. The third kappa shape index (κ3) is 2.09. The Morgan fingerprint density at radius 2 is 1.48 bits per heavy atom. The predicted molar refractivity (Wildman–Crippen MR) is 86.5 cm³/mol. The Balaban J connectivity index is 2.09. The molecule has 123 valence electrons. The van der Waals surface area contributed by atoms with E-state index in [1.807, 2.05) is 0 Å². The molecule has 1 N–H and O–H groups in total. The van der Waals surface area contributed by atoms with Crippen LogP contribution in [0.15, 0.2) is 60.7 Å². The van der Waals surface area contributed by atoms with E-state index >= 15 is 0 Å². The number of benzene rings is 3. The summed E-state index contributed by atoms with van der Waals surface area (Å²) in [5, 5.41) is 2.45. The van der Waals surface area contributed by atoms with E-state index in [-0.39, 0.29) is 11.3 Å². The Hall–Kier alpha value is -3.08. The first-order chi connectivity index (χ1) is 12.0. The number of nitrogens with one attached hydrogen (secondary N) is 1. The number of hydrogen-bond acceptors (Lipinski definition) is 1. The van der Waals surface area contributed by atoms with Crippen molar-refractivity contribution in [3.05, 3.63) is 101 Å². The van der Waals surface area contributed by atoms with Crippen LogP contribution in [0.3, 0.4) is 0 Å². The van der Waals surface area contributed by atoms with Crippen LogP contribution in [0.4, 0.5) is 18.9 Å². The quantitative estimate of drug-likeness (QED) is 0.746. The average Bonchev–Trinajstić information content (AvgIpc) is 2.93.